The molecule has 8 heteroatoms. The van der Waals surface area contributed by atoms with Gasteiger partial charge >= 0.3 is 0 Å². The molecule has 27 heavy (non-hydrogen) atoms. The van der Waals surface area contributed by atoms with Crippen molar-refractivity contribution in [1.82, 2.24) is 29.6 Å². The number of nitrogens with one attached hydrogen (secondary N) is 2. The Labute approximate surface area is 157 Å². The van der Waals surface area contributed by atoms with Crippen LogP contribution in [0.1, 0.15) is 44.5 Å². The van der Waals surface area contributed by atoms with Crippen LogP contribution in [0.3, 0.4) is 0 Å². The van der Waals surface area contributed by atoms with Crippen molar-refractivity contribution in [3.8, 4) is 0 Å². The van der Waals surface area contributed by atoms with E-state index in [-0.39, 0.29) is 11.6 Å². The molecule has 1 saturated heterocycles. The normalized spacial score (nSPS) is 16.3. The van der Waals surface area contributed by atoms with E-state index in [2.05, 4.69) is 41.2 Å². The summed E-state index contributed by atoms with van der Waals surface area (Å²) in [5, 5.41) is 8.12. The van der Waals surface area contributed by atoms with E-state index in [9.17, 15) is 4.79 Å². The lowest BCUT2D eigenvalue weighted by atomic mass is 9.96. The molecule has 0 atom stereocenters. The van der Waals surface area contributed by atoms with Crippen LogP contribution >= 0.6 is 0 Å². The van der Waals surface area contributed by atoms with Crippen LogP contribution in [0.15, 0.2) is 29.5 Å². The molecule has 0 amide bonds. The maximum atomic E-state index is 12.4. The Morgan fingerprint density at radius 1 is 1.26 bits per heavy atom. The molecular formula is C19H25N7O. The summed E-state index contributed by atoms with van der Waals surface area (Å²) in [7, 11) is 2.14. The first kappa shape index (κ1) is 17.7. The largest absolute Gasteiger partial charge is 0.337 e. The van der Waals surface area contributed by atoms with Crippen molar-refractivity contribution in [2.24, 2.45) is 0 Å². The molecule has 1 aliphatic rings. The number of pyridine rings is 1. The van der Waals surface area contributed by atoms with Gasteiger partial charge in [-0.05, 0) is 52.9 Å². The molecule has 3 aromatic heterocycles. The maximum absolute atomic E-state index is 12.4. The molecule has 0 bridgehead atoms. The highest BCUT2D eigenvalue weighted by molar-refractivity contribution is 5.89. The minimum atomic E-state index is -0.193. The lowest BCUT2D eigenvalue weighted by molar-refractivity contribution is 0.251. The average molecular weight is 367 g/mol. The van der Waals surface area contributed by atoms with E-state index in [1.54, 1.807) is 12.4 Å². The summed E-state index contributed by atoms with van der Waals surface area (Å²) in [6, 6.07) is 2.10. The fourth-order valence-electron chi connectivity index (χ4n) is 3.47. The summed E-state index contributed by atoms with van der Waals surface area (Å²) >= 11 is 0. The number of aromatic amines is 1. The second-order valence-corrected chi connectivity index (χ2v) is 7.50. The average Bonchev–Trinajstić information content (AvgIpc) is 3.11. The quantitative estimate of drug-likeness (QED) is 0.737. The first-order valence-corrected chi connectivity index (χ1v) is 9.40. The number of likely N-dealkylation sites (tertiary alicyclic amines) is 1. The van der Waals surface area contributed by atoms with E-state index in [0.29, 0.717) is 22.6 Å². The standard InChI is InChI=1S/C19H25N7O/c1-12(2)26-11-14(10-21-26)22-18-16-15(4-7-20-19(16)27)23-17(24-18)13-5-8-25(3)9-6-13/h4,7,10-13H,5-6,8-9H2,1-3H3,(H,20,27)(H,22,23,24). The molecule has 3 aromatic rings. The minimum absolute atomic E-state index is 0.193. The molecular weight excluding hydrogens is 342 g/mol. The van der Waals surface area contributed by atoms with Gasteiger partial charge in [0.1, 0.15) is 17.0 Å². The Bertz CT molecular complexity index is 999. The molecule has 0 aromatic carbocycles. The number of fused-ring (bicyclic) bond motifs is 1. The van der Waals surface area contributed by atoms with Gasteiger partial charge in [-0.25, -0.2) is 9.97 Å². The highest BCUT2D eigenvalue weighted by Gasteiger charge is 2.23. The number of anilines is 2. The van der Waals surface area contributed by atoms with Gasteiger partial charge in [0.05, 0.1) is 17.4 Å². The number of nitrogens with zero attached hydrogens (tertiary/aromatic N) is 5. The van der Waals surface area contributed by atoms with Crippen LogP contribution in [0, 0.1) is 0 Å². The van der Waals surface area contributed by atoms with Crippen LogP contribution in [0.2, 0.25) is 0 Å². The summed E-state index contributed by atoms with van der Waals surface area (Å²) in [4.78, 5) is 26.9. The van der Waals surface area contributed by atoms with Crippen molar-refractivity contribution in [2.45, 2.75) is 38.6 Å². The van der Waals surface area contributed by atoms with Gasteiger partial charge in [0.25, 0.3) is 5.56 Å². The van der Waals surface area contributed by atoms with Gasteiger partial charge in [-0.2, -0.15) is 5.10 Å². The van der Waals surface area contributed by atoms with Gasteiger partial charge in [0.2, 0.25) is 0 Å². The fraction of sp³-hybridized carbons (Fsp3) is 0.474. The topological polar surface area (TPSA) is 91.7 Å². The molecule has 4 rings (SSSR count). The van der Waals surface area contributed by atoms with Crippen LogP contribution in [0.4, 0.5) is 11.5 Å². The number of piperidine rings is 1. The molecule has 2 N–H and O–H groups in total. The lowest BCUT2D eigenvalue weighted by Gasteiger charge is -2.28. The van der Waals surface area contributed by atoms with Crippen molar-refractivity contribution in [2.75, 3.05) is 25.5 Å². The molecule has 0 aliphatic carbocycles. The van der Waals surface area contributed by atoms with Crippen LogP contribution < -0.4 is 10.9 Å². The minimum Gasteiger partial charge on any atom is -0.337 e. The third kappa shape index (κ3) is 3.57. The first-order chi connectivity index (χ1) is 13.0. The second kappa shape index (κ2) is 7.11. The SMILES string of the molecule is CC(C)n1cc(Nc2nc(C3CCN(C)CC3)nc3cc[nH]c(=O)c23)cn1. The predicted molar refractivity (Wildman–Crippen MR) is 106 cm³/mol. The van der Waals surface area contributed by atoms with Gasteiger partial charge in [-0.15, -0.1) is 0 Å². The van der Waals surface area contributed by atoms with Gasteiger partial charge in [-0.1, -0.05) is 0 Å². The van der Waals surface area contributed by atoms with Gasteiger partial charge in [0, 0.05) is 24.4 Å². The Morgan fingerprint density at radius 2 is 2.04 bits per heavy atom. The Balaban J connectivity index is 1.75. The highest BCUT2D eigenvalue weighted by atomic mass is 16.1. The summed E-state index contributed by atoms with van der Waals surface area (Å²) < 4.78 is 1.87. The molecule has 0 unspecified atom stereocenters. The van der Waals surface area contributed by atoms with E-state index in [1.165, 1.54) is 0 Å². The number of H-pyrrole nitrogens is 1. The van der Waals surface area contributed by atoms with E-state index in [1.807, 2.05) is 16.9 Å². The lowest BCUT2D eigenvalue weighted by Crippen LogP contribution is -2.30. The Kier molecular flexibility index (Phi) is 4.65. The smallest absolute Gasteiger partial charge is 0.261 e. The highest BCUT2D eigenvalue weighted by Crippen LogP contribution is 2.29. The summed E-state index contributed by atoms with van der Waals surface area (Å²) in [6.45, 7) is 6.20. The van der Waals surface area contributed by atoms with Crippen molar-refractivity contribution in [1.29, 1.82) is 0 Å². The van der Waals surface area contributed by atoms with Crippen LogP contribution in [0.25, 0.3) is 10.9 Å². The van der Waals surface area contributed by atoms with Crippen LogP contribution in [-0.4, -0.2) is 49.8 Å². The number of hydrogen-bond acceptors (Lipinski definition) is 6. The molecule has 8 nitrogen and oxygen atoms in total. The van der Waals surface area contributed by atoms with Gasteiger partial charge in [0.15, 0.2) is 0 Å². The van der Waals surface area contributed by atoms with Gasteiger partial charge in [-0.3, -0.25) is 9.48 Å². The fourth-order valence-corrected chi connectivity index (χ4v) is 3.47. The summed E-state index contributed by atoms with van der Waals surface area (Å²) in [6.07, 6.45) is 7.35. The monoisotopic (exact) mass is 367 g/mol. The molecule has 0 saturated carbocycles. The molecule has 142 valence electrons. The van der Waals surface area contributed by atoms with Crippen LogP contribution in [-0.2, 0) is 0 Å². The summed E-state index contributed by atoms with van der Waals surface area (Å²) in [5.74, 6) is 1.66. The zero-order valence-electron chi connectivity index (χ0n) is 15.9. The third-order valence-corrected chi connectivity index (χ3v) is 5.11. The maximum Gasteiger partial charge on any atom is 0.261 e. The molecule has 1 fully saturated rings. The Hall–Kier alpha value is -2.74. The Morgan fingerprint density at radius 3 is 2.74 bits per heavy atom. The third-order valence-electron chi connectivity index (χ3n) is 5.11. The van der Waals surface area contributed by atoms with Crippen molar-refractivity contribution in [3.05, 3.63) is 40.8 Å². The number of rotatable bonds is 4. The first-order valence-electron chi connectivity index (χ1n) is 9.40. The zero-order chi connectivity index (χ0) is 19.0. The molecule has 4 heterocycles. The van der Waals surface area contributed by atoms with E-state index in [4.69, 9.17) is 9.97 Å². The van der Waals surface area contributed by atoms with Gasteiger partial charge < -0.3 is 15.2 Å². The molecule has 0 spiro atoms. The van der Waals surface area contributed by atoms with E-state index < -0.39 is 0 Å². The van der Waals surface area contributed by atoms with Crippen molar-refractivity contribution < 1.29 is 0 Å². The zero-order valence-corrected chi connectivity index (χ0v) is 15.9. The second-order valence-electron chi connectivity index (χ2n) is 7.50. The predicted octanol–water partition coefficient (Wildman–Crippen LogP) is 2.65. The molecule has 1 aliphatic heterocycles. The number of hydrogen-bond donors (Lipinski definition) is 2. The van der Waals surface area contributed by atoms with Crippen molar-refractivity contribution >= 4 is 22.4 Å². The van der Waals surface area contributed by atoms with E-state index >= 15 is 0 Å². The van der Waals surface area contributed by atoms with Crippen LogP contribution in [0.5, 0.6) is 0 Å². The van der Waals surface area contributed by atoms with E-state index in [0.717, 1.165) is 37.4 Å². The number of aromatic nitrogens is 5. The molecule has 0 radical (unpaired) electrons. The van der Waals surface area contributed by atoms with Crippen molar-refractivity contribution in [3.63, 3.8) is 0 Å². The summed E-state index contributed by atoms with van der Waals surface area (Å²) in [5.41, 5.74) is 1.28.